The van der Waals surface area contributed by atoms with Crippen LogP contribution in [-0.4, -0.2) is 32.1 Å². The molecule has 140 valence electrons. The number of halogens is 1. The molecular formula is C21H17FN4O2. The topological polar surface area (TPSA) is 69.9 Å². The molecule has 0 atom stereocenters. The average Bonchev–Trinajstić information content (AvgIpc) is 3.12. The van der Waals surface area contributed by atoms with Crippen molar-refractivity contribution in [1.29, 1.82) is 0 Å². The first-order chi connectivity index (χ1) is 13.6. The summed E-state index contributed by atoms with van der Waals surface area (Å²) in [7, 11) is 0. The normalized spacial score (nSPS) is 11.0. The molecule has 0 saturated carbocycles. The molecule has 2 heterocycles. The highest BCUT2D eigenvalue weighted by atomic mass is 19.1. The Morgan fingerprint density at radius 3 is 2.61 bits per heavy atom. The number of carbonyl (C=O) groups is 1. The molecule has 2 aromatic carbocycles. The Morgan fingerprint density at radius 2 is 1.86 bits per heavy atom. The molecule has 0 saturated heterocycles. The zero-order valence-corrected chi connectivity index (χ0v) is 15.4. The van der Waals surface area contributed by atoms with E-state index in [1.54, 1.807) is 36.9 Å². The number of aromatic nitrogens is 4. The summed E-state index contributed by atoms with van der Waals surface area (Å²) < 4.78 is 20.3. The van der Waals surface area contributed by atoms with Crippen LogP contribution in [0, 0.1) is 12.7 Å². The van der Waals surface area contributed by atoms with Crippen LogP contribution in [0.4, 0.5) is 4.39 Å². The van der Waals surface area contributed by atoms with Crippen LogP contribution in [-0.2, 0) is 4.74 Å². The Kier molecular flexibility index (Phi) is 4.57. The number of nitrogens with zero attached hydrogens (tertiary/aromatic N) is 4. The number of para-hydroxylation sites is 2. The molecule has 0 aliphatic rings. The third-order valence-electron chi connectivity index (χ3n) is 4.34. The number of rotatable bonds is 4. The lowest BCUT2D eigenvalue weighted by atomic mass is 10.0. The quantitative estimate of drug-likeness (QED) is 0.502. The Balaban J connectivity index is 1.95. The lowest BCUT2D eigenvalue weighted by molar-refractivity contribution is 0.0525. The van der Waals surface area contributed by atoms with Crippen LogP contribution in [0.2, 0.25) is 0 Å². The summed E-state index contributed by atoms with van der Waals surface area (Å²) in [6.07, 6.45) is 1.64. The maximum atomic E-state index is 13.4. The minimum atomic E-state index is -0.513. The molecule has 0 aliphatic heterocycles. The Hall–Kier alpha value is -3.61. The van der Waals surface area contributed by atoms with E-state index in [4.69, 9.17) is 4.74 Å². The highest BCUT2D eigenvalue weighted by Gasteiger charge is 2.22. The molecule has 0 radical (unpaired) electrons. The van der Waals surface area contributed by atoms with Crippen molar-refractivity contribution in [2.75, 3.05) is 6.61 Å². The van der Waals surface area contributed by atoms with Crippen LogP contribution in [0.15, 0.2) is 54.9 Å². The maximum Gasteiger partial charge on any atom is 0.342 e. The van der Waals surface area contributed by atoms with E-state index in [1.807, 2.05) is 24.3 Å². The number of hydrogen-bond donors (Lipinski definition) is 0. The van der Waals surface area contributed by atoms with Gasteiger partial charge in [0, 0.05) is 5.56 Å². The molecular weight excluding hydrogens is 359 g/mol. The standard InChI is InChI=1S/C21H17FN4O2/c1-3-28-20(27)18-13(2)24-21(25-19(18)14-8-10-15(22)11-9-14)26-12-23-16-6-4-5-7-17(16)26/h4-12H,3H2,1-2H3. The van der Waals surface area contributed by atoms with Crippen molar-refractivity contribution in [2.45, 2.75) is 13.8 Å². The van der Waals surface area contributed by atoms with E-state index in [9.17, 15) is 9.18 Å². The Bertz CT molecular complexity index is 1170. The molecule has 28 heavy (non-hydrogen) atoms. The molecule has 0 amide bonds. The van der Waals surface area contributed by atoms with Crippen LogP contribution >= 0.6 is 0 Å². The molecule has 0 N–H and O–H groups in total. The molecule has 0 unspecified atom stereocenters. The number of esters is 1. The van der Waals surface area contributed by atoms with Crippen LogP contribution in [0.5, 0.6) is 0 Å². The summed E-state index contributed by atoms with van der Waals surface area (Å²) in [5.41, 5.74) is 3.37. The van der Waals surface area contributed by atoms with Crippen LogP contribution in [0.3, 0.4) is 0 Å². The van der Waals surface area contributed by atoms with E-state index in [1.165, 1.54) is 12.1 Å². The second kappa shape index (κ2) is 7.19. The van der Waals surface area contributed by atoms with Gasteiger partial charge in [0.1, 0.15) is 17.7 Å². The lowest BCUT2D eigenvalue weighted by Gasteiger charge is -2.13. The van der Waals surface area contributed by atoms with Gasteiger partial charge in [-0.05, 0) is 50.2 Å². The Morgan fingerprint density at radius 1 is 1.11 bits per heavy atom. The molecule has 2 aromatic heterocycles. The van der Waals surface area contributed by atoms with Crippen molar-refractivity contribution in [3.8, 4) is 17.2 Å². The third-order valence-corrected chi connectivity index (χ3v) is 4.34. The largest absolute Gasteiger partial charge is 0.462 e. The molecule has 0 fully saturated rings. The van der Waals surface area contributed by atoms with Crippen molar-refractivity contribution in [2.24, 2.45) is 0 Å². The van der Waals surface area contributed by atoms with Gasteiger partial charge in [0.2, 0.25) is 5.95 Å². The summed E-state index contributed by atoms with van der Waals surface area (Å²) in [6.45, 7) is 3.69. The zero-order valence-electron chi connectivity index (χ0n) is 15.4. The maximum absolute atomic E-state index is 13.4. The van der Waals surface area contributed by atoms with Gasteiger partial charge in [-0.2, -0.15) is 0 Å². The molecule has 0 spiro atoms. The summed E-state index contributed by atoms with van der Waals surface area (Å²) in [5.74, 6) is -0.507. The molecule has 4 aromatic rings. The van der Waals surface area contributed by atoms with E-state index in [0.717, 1.165) is 11.0 Å². The highest BCUT2D eigenvalue weighted by molar-refractivity contribution is 5.97. The van der Waals surface area contributed by atoms with Gasteiger partial charge in [-0.3, -0.25) is 4.57 Å². The monoisotopic (exact) mass is 376 g/mol. The number of carbonyl (C=O) groups excluding carboxylic acids is 1. The fourth-order valence-corrected chi connectivity index (χ4v) is 3.05. The van der Waals surface area contributed by atoms with E-state index in [-0.39, 0.29) is 18.0 Å². The van der Waals surface area contributed by atoms with Gasteiger partial charge in [-0.25, -0.2) is 24.1 Å². The van der Waals surface area contributed by atoms with E-state index in [0.29, 0.717) is 22.9 Å². The summed E-state index contributed by atoms with van der Waals surface area (Å²) >= 11 is 0. The number of benzene rings is 2. The summed E-state index contributed by atoms with van der Waals surface area (Å²) in [4.78, 5) is 26.0. The average molecular weight is 376 g/mol. The predicted octanol–water partition coefficient (Wildman–Crippen LogP) is 4.11. The number of ether oxygens (including phenoxy) is 1. The molecule has 6 nitrogen and oxygen atoms in total. The van der Waals surface area contributed by atoms with Gasteiger partial charge in [0.25, 0.3) is 0 Å². The summed E-state index contributed by atoms with van der Waals surface area (Å²) in [6, 6.07) is 13.4. The second-order valence-corrected chi connectivity index (χ2v) is 6.16. The van der Waals surface area contributed by atoms with Gasteiger partial charge < -0.3 is 4.74 Å². The van der Waals surface area contributed by atoms with Crippen LogP contribution in [0.25, 0.3) is 28.2 Å². The van der Waals surface area contributed by atoms with E-state index < -0.39 is 5.97 Å². The number of fused-ring (bicyclic) bond motifs is 1. The molecule has 7 heteroatoms. The minimum Gasteiger partial charge on any atom is -0.462 e. The van der Waals surface area contributed by atoms with Crippen LogP contribution in [0.1, 0.15) is 23.0 Å². The first-order valence-electron chi connectivity index (χ1n) is 8.82. The van der Waals surface area contributed by atoms with Gasteiger partial charge >= 0.3 is 5.97 Å². The van der Waals surface area contributed by atoms with Crippen molar-refractivity contribution >= 4 is 17.0 Å². The second-order valence-electron chi connectivity index (χ2n) is 6.16. The van der Waals surface area contributed by atoms with E-state index >= 15 is 0 Å². The highest BCUT2D eigenvalue weighted by Crippen LogP contribution is 2.27. The molecule has 0 aliphatic carbocycles. The molecule has 4 rings (SSSR count). The number of aryl methyl sites for hydroxylation is 1. The first kappa shape index (κ1) is 17.8. The predicted molar refractivity (Wildman–Crippen MR) is 103 cm³/mol. The van der Waals surface area contributed by atoms with E-state index in [2.05, 4.69) is 15.0 Å². The van der Waals surface area contributed by atoms with Crippen molar-refractivity contribution < 1.29 is 13.9 Å². The van der Waals surface area contributed by atoms with Crippen molar-refractivity contribution in [1.82, 2.24) is 19.5 Å². The first-order valence-corrected chi connectivity index (χ1v) is 8.82. The van der Waals surface area contributed by atoms with Gasteiger partial charge in [-0.1, -0.05) is 12.1 Å². The van der Waals surface area contributed by atoms with Crippen LogP contribution < -0.4 is 0 Å². The third kappa shape index (κ3) is 3.11. The van der Waals surface area contributed by atoms with Gasteiger partial charge in [0.15, 0.2) is 0 Å². The smallest absolute Gasteiger partial charge is 0.342 e. The molecule has 0 bridgehead atoms. The number of imidazole rings is 1. The lowest BCUT2D eigenvalue weighted by Crippen LogP contribution is -2.14. The SMILES string of the molecule is CCOC(=O)c1c(C)nc(-n2cnc3ccccc32)nc1-c1ccc(F)cc1. The minimum absolute atomic E-state index is 0.231. The van der Waals surface area contributed by atoms with Crippen molar-refractivity contribution in [3.05, 3.63) is 71.9 Å². The number of hydrogen-bond acceptors (Lipinski definition) is 5. The fraction of sp³-hybridized carbons (Fsp3) is 0.143. The van der Waals surface area contributed by atoms with Gasteiger partial charge in [0.05, 0.1) is 29.0 Å². The Labute approximate surface area is 160 Å². The van der Waals surface area contributed by atoms with Crippen molar-refractivity contribution in [3.63, 3.8) is 0 Å². The zero-order chi connectivity index (χ0) is 19.7. The van der Waals surface area contributed by atoms with Gasteiger partial charge in [-0.15, -0.1) is 0 Å². The fourth-order valence-electron chi connectivity index (χ4n) is 3.05. The summed E-state index contributed by atoms with van der Waals surface area (Å²) in [5, 5.41) is 0.